The summed E-state index contributed by atoms with van der Waals surface area (Å²) in [6.07, 6.45) is 0. The van der Waals surface area contributed by atoms with Crippen LogP contribution in [0.15, 0.2) is 23.1 Å². The van der Waals surface area contributed by atoms with E-state index < -0.39 is 0 Å². The minimum Gasteiger partial charge on any atom is -0.324 e. The summed E-state index contributed by atoms with van der Waals surface area (Å²) in [4.78, 5) is 0.287. The highest BCUT2D eigenvalue weighted by Crippen LogP contribution is 2.16. The molecule has 0 aliphatic carbocycles. The Labute approximate surface area is 63.6 Å². The molecule has 0 bridgehead atoms. The lowest BCUT2D eigenvalue weighted by Crippen LogP contribution is -2.06. The molecule has 0 spiro atoms. The number of benzene rings is 1. The molecule has 0 fully saturated rings. The van der Waals surface area contributed by atoms with Crippen LogP contribution in [0.4, 0.5) is 10.1 Å². The van der Waals surface area contributed by atoms with Gasteiger partial charge in [-0.05, 0) is 18.2 Å². The molecule has 0 saturated carbocycles. The van der Waals surface area contributed by atoms with E-state index in [2.05, 4.69) is 18.1 Å². The second-order valence-corrected chi connectivity index (χ2v) is 2.29. The monoisotopic (exact) mass is 158 g/mol. The maximum atomic E-state index is 12.5. The molecule has 0 saturated heterocycles. The molecular weight excluding hydrogens is 151 g/mol. The van der Waals surface area contributed by atoms with E-state index in [1.165, 1.54) is 18.2 Å². The van der Waals surface area contributed by atoms with Crippen LogP contribution in [-0.2, 0) is 0 Å². The largest absolute Gasteiger partial charge is 0.324 e. The third-order valence-electron chi connectivity index (χ3n) is 1.11. The van der Waals surface area contributed by atoms with Crippen molar-refractivity contribution in [1.29, 1.82) is 0 Å². The zero-order valence-electron chi connectivity index (χ0n) is 5.13. The Morgan fingerprint density at radius 1 is 1.50 bits per heavy atom. The molecule has 54 valence electrons. The van der Waals surface area contributed by atoms with E-state index in [9.17, 15) is 4.39 Å². The molecule has 10 heavy (non-hydrogen) atoms. The van der Waals surface area contributed by atoms with Gasteiger partial charge in [0.15, 0.2) is 0 Å². The third kappa shape index (κ3) is 1.40. The second kappa shape index (κ2) is 2.90. The van der Waals surface area contributed by atoms with Gasteiger partial charge in [0.05, 0.1) is 0 Å². The van der Waals surface area contributed by atoms with Crippen LogP contribution in [0.5, 0.6) is 0 Å². The van der Waals surface area contributed by atoms with Crippen molar-refractivity contribution in [2.24, 2.45) is 5.84 Å². The quantitative estimate of drug-likeness (QED) is 0.328. The summed E-state index contributed by atoms with van der Waals surface area (Å²) < 4.78 is 12.5. The number of halogens is 1. The SMILES string of the molecule is NNc1ccc(F)c(S)c1. The highest BCUT2D eigenvalue weighted by molar-refractivity contribution is 7.80. The molecule has 3 N–H and O–H groups in total. The first kappa shape index (κ1) is 7.37. The molecule has 2 nitrogen and oxygen atoms in total. The summed E-state index contributed by atoms with van der Waals surface area (Å²) in [5.41, 5.74) is 3.02. The molecule has 1 aromatic rings. The first-order chi connectivity index (χ1) is 4.74. The van der Waals surface area contributed by atoms with Crippen molar-refractivity contribution in [3.63, 3.8) is 0 Å². The van der Waals surface area contributed by atoms with Crippen molar-refractivity contribution in [3.8, 4) is 0 Å². The van der Waals surface area contributed by atoms with Gasteiger partial charge in [0.1, 0.15) is 5.82 Å². The van der Waals surface area contributed by atoms with E-state index in [0.717, 1.165) is 0 Å². The smallest absolute Gasteiger partial charge is 0.136 e. The van der Waals surface area contributed by atoms with Crippen molar-refractivity contribution < 1.29 is 4.39 Å². The van der Waals surface area contributed by atoms with Gasteiger partial charge >= 0.3 is 0 Å². The average Bonchev–Trinajstić information content (AvgIpc) is 1.95. The Morgan fingerprint density at radius 2 is 2.20 bits per heavy atom. The maximum absolute atomic E-state index is 12.5. The summed E-state index contributed by atoms with van der Waals surface area (Å²) in [5.74, 6) is 4.72. The summed E-state index contributed by atoms with van der Waals surface area (Å²) in [6.45, 7) is 0. The predicted octanol–water partition coefficient (Wildman–Crippen LogP) is 1.40. The fourth-order valence-corrected chi connectivity index (χ4v) is 0.816. The molecule has 0 aromatic heterocycles. The molecule has 1 rings (SSSR count). The minimum absolute atomic E-state index is 0.287. The van der Waals surface area contributed by atoms with Crippen molar-refractivity contribution in [1.82, 2.24) is 0 Å². The molecule has 0 aliphatic heterocycles. The second-order valence-electron chi connectivity index (χ2n) is 1.81. The van der Waals surface area contributed by atoms with Gasteiger partial charge in [0.2, 0.25) is 0 Å². The third-order valence-corrected chi connectivity index (χ3v) is 1.46. The minimum atomic E-state index is -0.345. The summed E-state index contributed by atoms with van der Waals surface area (Å²) in [7, 11) is 0. The van der Waals surface area contributed by atoms with Crippen LogP contribution in [0.2, 0.25) is 0 Å². The first-order valence-electron chi connectivity index (χ1n) is 2.69. The number of nitrogen functional groups attached to an aromatic ring is 1. The van der Waals surface area contributed by atoms with Gasteiger partial charge in [0, 0.05) is 10.6 Å². The summed E-state index contributed by atoms with van der Waals surface area (Å²) >= 11 is 3.85. The predicted molar refractivity (Wildman–Crippen MR) is 41.5 cm³/mol. The topological polar surface area (TPSA) is 38.0 Å². The number of anilines is 1. The summed E-state index contributed by atoms with van der Waals surface area (Å²) in [5, 5.41) is 0. The van der Waals surface area contributed by atoms with Crippen LogP contribution in [0.25, 0.3) is 0 Å². The molecule has 0 unspecified atom stereocenters. The van der Waals surface area contributed by atoms with E-state index in [4.69, 9.17) is 5.84 Å². The molecule has 0 amide bonds. The van der Waals surface area contributed by atoms with Gasteiger partial charge < -0.3 is 5.43 Å². The molecule has 0 aliphatic rings. The lowest BCUT2D eigenvalue weighted by molar-refractivity contribution is 0.603. The number of thiol groups is 1. The van der Waals surface area contributed by atoms with E-state index in [0.29, 0.717) is 5.69 Å². The van der Waals surface area contributed by atoms with Gasteiger partial charge in [-0.2, -0.15) is 0 Å². The zero-order chi connectivity index (χ0) is 7.56. The highest BCUT2D eigenvalue weighted by atomic mass is 32.1. The number of hydrazine groups is 1. The number of nitrogens with one attached hydrogen (secondary N) is 1. The van der Waals surface area contributed by atoms with Crippen LogP contribution in [-0.4, -0.2) is 0 Å². The van der Waals surface area contributed by atoms with Gasteiger partial charge in [-0.25, -0.2) is 4.39 Å². The molecular formula is C6H7FN2S. The van der Waals surface area contributed by atoms with Crippen LogP contribution in [0, 0.1) is 5.82 Å². The lowest BCUT2D eigenvalue weighted by atomic mass is 10.3. The fraction of sp³-hybridized carbons (Fsp3) is 0. The van der Waals surface area contributed by atoms with Gasteiger partial charge in [0.25, 0.3) is 0 Å². The van der Waals surface area contributed by atoms with Crippen LogP contribution in [0.1, 0.15) is 0 Å². The Bertz CT molecular complexity index is 239. The molecule has 0 heterocycles. The van der Waals surface area contributed by atoms with Crippen LogP contribution >= 0.6 is 12.6 Å². The fourth-order valence-electron chi connectivity index (χ4n) is 0.602. The molecule has 0 radical (unpaired) electrons. The zero-order valence-corrected chi connectivity index (χ0v) is 6.03. The van der Waals surface area contributed by atoms with Crippen LogP contribution < -0.4 is 11.3 Å². The van der Waals surface area contributed by atoms with Crippen LogP contribution in [0.3, 0.4) is 0 Å². The molecule has 4 heteroatoms. The molecule has 0 atom stereocenters. The average molecular weight is 158 g/mol. The van der Waals surface area contributed by atoms with Gasteiger partial charge in [-0.3, -0.25) is 5.84 Å². The number of rotatable bonds is 1. The normalized spacial score (nSPS) is 9.50. The first-order valence-corrected chi connectivity index (χ1v) is 3.14. The van der Waals surface area contributed by atoms with E-state index in [1.807, 2.05) is 0 Å². The standard InChI is InChI=1S/C6H7FN2S/c7-5-2-1-4(9-8)3-6(5)10/h1-3,9-10H,8H2. The van der Waals surface area contributed by atoms with E-state index in [-0.39, 0.29) is 10.7 Å². The number of nitrogens with two attached hydrogens (primary N) is 1. The van der Waals surface area contributed by atoms with Crippen molar-refractivity contribution in [2.45, 2.75) is 4.90 Å². The molecule has 1 aromatic carbocycles. The van der Waals surface area contributed by atoms with Crippen molar-refractivity contribution in [3.05, 3.63) is 24.0 Å². The van der Waals surface area contributed by atoms with Crippen molar-refractivity contribution in [2.75, 3.05) is 5.43 Å². The van der Waals surface area contributed by atoms with Crippen molar-refractivity contribution >= 4 is 18.3 Å². The lowest BCUT2D eigenvalue weighted by Gasteiger charge is -1.99. The van der Waals surface area contributed by atoms with Gasteiger partial charge in [-0.1, -0.05) is 0 Å². The number of hydrogen-bond acceptors (Lipinski definition) is 3. The maximum Gasteiger partial charge on any atom is 0.136 e. The Balaban J connectivity index is 3.04. The van der Waals surface area contributed by atoms with E-state index >= 15 is 0 Å². The Hall–Kier alpha value is -0.740. The van der Waals surface area contributed by atoms with Gasteiger partial charge in [-0.15, -0.1) is 12.6 Å². The summed E-state index contributed by atoms with van der Waals surface area (Å²) in [6, 6.07) is 4.35. The Morgan fingerprint density at radius 3 is 2.70 bits per heavy atom. The Kier molecular flexibility index (Phi) is 2.13. The highest BCUT2D eigenvalue weighted by Gasteiger charge is 1.96. The number of hydrogen-bond donors (Lipinski definition) is 3. The van der Waals surface area contributed by atoms with E-state index in [1.54, 1.807) is 0 Å².